The van der Waals surface area contributed by atoms with E-state index in [1.807, 2.05) is 30.3 Å². The molecule has 2 aromatic carbocycles. The summed E-state index contributed by atoms with van der Waals surface area (Å²) in [6, 6.07) is 13.9. The number of fused-ring (bicyclic) bond motifs is 1. The first kappa shape index (κ1) is 19.8. The van der Waals surface area contributed by atoms with Crippen LogP contribution in [-0.2, 0) is 17.8 Å². The van der Waals surface area contributed by atoms with Crippen LogP contribution in [0, 0.1) is 0 Å². The summed E-state index contributed by atoms with van der Waals surface area (Å²) in [7, 11) is 1.62. The summed E-state index contributed by atoms with van der Waals surface area (Å²) in [6.07, 6.45) is 3.91. The second kappa shape index (κ2) is 8.89. The second-order valence-corrected chi connectivity index (χ2v) is 7.98. The molecule has 1 fully saturated rings. The van der Waals surface area contributed by atoms with Crippen LogP contribution in [0.15, 0.2) is 53.1 Å². The number of methoxy groups -OCH3 is 1. The number of likely N-dealkylation sites (tertiary alicyclic amines) is 1. The number of amides is 1. The van der Waals surface area contributed by atoms with E-state index in [0.29, 0.717) is 6.42 Å². The van der Waals surface area contributed by atoms with Crippen molar-refractivity contribution in [3.05, 3.63) is 64.9 Å². The minimum absolute atomic E-state index is 0.0414. The second-order valence-electron chi connectivity index (χ2n) is 7.54. The lowest BCUT2D eigenvalue weighted by atomic mass is 10.0. The Labute approximate surface area is 175 Å². The van der Waals surface area contributed by atoms with Gasteiger partial charge in [-0.1, -0.05) is 23.7 Å². The Morgan fingerprint density at radius 3 is 2.69 bits per heavy atom. The third-order valence-corrected chi connectivity index (χ3v) is 5.74. The standard InChI is InChI=1S/C23H25ClN2O3/c1-28-20-6-7-21-17(15-29-22(21)13-20)12-23(27)25-19-8-10-26(11-9-19)14-16-2-4-18(24)5-3-16/h2-7,13,15,19H,8-12,14H2,1H3,(H,25,27). The molecule has 2 heterocycles. The zero-order valence-corrected chi connectivity index (χ0v) is 17.2. The molecule has 1 saturated heterocycles. The van der Waals surface area contributed by atoms with Crippen LogP contribution in [0.1, 0.15) is 24.0 Å². The molecule has 0 saturated carbocycles. The zero-order valence-electron chi connectivity index (χ0n) is 16.5. The fraction of sp³-hybridized carbons (Fsp3) is 0.348. The van der Waals surface area contributed by atoms with E-state index >= 15 is 0 Å². The molecule has 0 spiro atoms. The van der Waals surface area contributed by atoms with Crippen molar-refractivity contribution < 1.29 is 13.9 Å². The number of piperidine rings is 1. The Morgan fingerprint density at radius 2 is 1.97 bits per heavy atom. The Balaban J connectivity index is 1.27. The highest BCUT2D eigenvalue weighted by atomic mass is 35.5. The number of carbonyl (C=O) groups excluding carboxylic acids is 1. The number of hydrogen-bond donors (Lipinski definition) is 1. The normalized spacial score (nSPS) is 15.5. The number of ether oxygens (including phenoxy) is 1. The fourth-order valence-corrected chi connectivity index (χ4v) is 3.99. The van der Waals surface area contributed by atoms with Crippen molar-refractivity contribution in [2.24, 2.45) is 0 Å². The van der Waals surface area contributed by atoms with Gasteiger partial charge >= 0.3 is 0 Å². The summed E-state index contributed by atoms with van der Waals surface area (Å²) in [5, 5.41) is 4.91. The predicted molar refractivity (Wildman–Crippen MR) is 114 cm³/mol. The van der Waals surface area contributed by atoms with Gasteiger partial charge in [0.1, 0.15) is 11.3 Å². The van der Waals surface area contributed by atoms with Gasteiger partial charge in [0.2, 0.25) is 5.91 Å². The van der Waals surface area contributed by atoms with E-state index in [9.17, 15) is 4.79 Å². The van der Waals surface area contributed by atoms with E-state index < -0.39 is 0 Å². The number of benzene rings is 2. The van der Waals surface area contributed by atoms with Crippen molar-refractivity contribution >= 4 is 28.5 Å². The first-order chi connectivity index (χ1) is 14.1. The van der Waals surface area contributed by atoms with Gasteiger partial charge in [0.15, 0.2) is 0 Å². The van der Waals surface area contributed by atoms with Gasteiger partial charge in [0.25, 0.3) is 0 Å². The van der Waals surface area contributed by atoms with Gasteiger partial charge in [-0.25, -0.2) is 0 Å². The number of rotatable bonds is 6. The van der Waals surface area contributed by atoms with Crippen molar-refractivity contribution in [3.63, 3.8) is 0 Å². The molecule has 0 atom stereocenters. The van der Waals surface area contributed by atoms with Crippen LogP contribution in [-0.4, -0.2) is 37.0 Å². The minimum Gasteiger partial charge on any atom is -0.497 e. The van der Waals surface area contributed by atoms with Gasteiger partial charge < -0.3 is 14.5 Å². The van der Waals surface area contributed by atoms with E-state index in [4.69, 9.17) is 20.8 Å². The van der Waals surface area contributed by atoms with Gasteiger partial charge in [-0.05, 0) is 42.7 Å². The summed E-state index contributed by atoms with van der Waals surface area (Å²) in [5.74, 6) is 0.785. The molecule has 0 unspecified atom stereocenters. The van der Waals surface area contributed by atoms with Gasteiger partial charge in [0.05, 0.1) is 19.8 Å². The Morgan fingerprint density at radius 1 is 1.21 bits per heavy atom. The van der Waals surface area contributed by atoms with Crippen LogP contribution in [0.2, 0.25) is 5.02 Å². The number of nitrogens with one attached hydrogen (secondary N) is 1. The van der Waals surface area contributed by atoms with E-state index in [1.165, 1.54) is 5.56 Å². The smallest absolute Gasteiger partial charge is 0.224 e. The summed E-state index contributed by atoms with van der Waals surface area (Å²) >= 11 is 5.95. The zero-order chi connectivity index (χ0) is 20.2. The third kappa shape index (κ3) is 4.92. The van der Waals surface area contributed by atoms with Crippen molar-refractivity contribution in [2.75, 3.05) is 20.2 Å². The fourth-order valence-electron chi connectivity index (χ4n) is 3.86. The highest BCUT2D eigenvalue weighted by Crippen LogP contribution is 2.26. The maximum absolute atomic E-state index is 12.5. The van der Waals surface area contributed by atoms with E-state index in [0.717, 1.165) is 59.8 Å². The van der Waals surface area contributed by atoms with Gasteiger partial charge in [-0.3, -0.25) is 9.69 Å². The number of hydrogen-bond acceptors (Lipinski definition) is 4. The van der Waals surface area contributed by atoms with Gasteiger partial charge in [-0.15, -0.1) is 0 Å². The number of carbonyl (C=O) groups is 1. The molecule has 1 aromatic heterocycles. The van der Waals surface area contributed by atoms with Crippen LogP contribution in [0.4, 0.5) is 0 Å². The molecule has 0 radical (unpaired) electrons. The summed E-state index contributed by atoms with van der Waals surface area (Å²) in [6.45, 7) is 2.87. The number of halogens is 1. The van der Waals surface area contributed by atoms with Crippen molar-refractivity contribution in [3.8, 4) is 5.75 Å². The van der Waals surface area contributed by atoms with E-state index in [-0.39, 0.29) is 11.9 Å². The summed E-state index contributed by atoms with van der Waals surface area (Å²) < 4.78 is 10.8. The van der Waals surface area contributed by atoms with Gasteiger partial charge in [-0.2, -0.15) is 0 Å². The van der Waals surface area contributed by atoms with Crippen molar-refractivity contribution in [1.82, 2.24) is 10.2 Å². The molecule has 6 heteroatoms. The lowest BCUT2D eigenvalue weighted by molar-refractivity contribution is -0.121. The Bertz CT molecular complexity index is 975. The maximum atomic E-state index is 12.5. The molecule has 1 amide bonds. The molecule has 152 valence electrons. The van der Waals surface area contributed by atoms with Crippen molar-refractivity contribution in [1.29, 1.82) is 0 Å². The lowest BCUT2D eigenvalue weighted by Crippen LogP contribution is -2.44. The minimum atomic E-state index is 0.0414. The quantitative estimate of drug-likeness (QED) is 0.651. The molecule has 1 aliphatic rings. The highest BCUT2D eigenvalue weighted by Gasteiger charge is 2.21. The summed E-state index contributed by atoms with van der Waals surface area (Å²) in [4.78, 5) is 15.0. The average molecular weight is 413 g/mol. The molecule has 1 N–H and O–H groups in total. The topological polar surface area (TPSA) is 54.7 Å². The van der Waals surface area contributed by atoms with Crippen LogP contribution in [0.3, 0.4) is 0 Å². The molecule has 1 aliphatic heterocycles. The van der Waals surface area contributed by atoms with Crippen LogP contribution in [0.5, 0.6) is 5.75 Å². The molecule has 3 aromatic rings. The van der Waals surface area contributed by atoms with Crippen LogP contribution >= 0.6 is 11.6 Å². The first-order valence-corrected chi connectivity index (χ1v) is 10.3. The van der Waals surface area contributed by atoms with E-state index in [1.54, 1.807) is 13.4 Å². The molecule has 5 nitrogen and oxygen atoms in total. The SMILES string of the molecule is COc1ccc2c(CC(=O)NC3CCN(Cc4ccc(Cl)cc4)CC3)coc2c1. The average Bonchev–Trinajstić information content (AvgIpc) is 3.13. The number of nitrogens with zero attached hydrogens (tertiary/aromatic N) is 1. The monoisotopic (exact) mass is 412 g/mol. The third-order valence-electron chi connectivity index (χ3n) is 5.49. The largest absolute Gasteiger partial charge is 0.497 e. The van der Waals surface area contributed by atoms with E-state index in [2.05, 4.69) is 22.3 Å². The predicted octanol–water partition coefficient (Wildman–Crippen LogP) is 4.42. The van der Waals surface area contributed by atoms with Crippen LogP contribution < -0.4 is 10.1 Å². The molecular weight excluding hydrogens is 388 g/mol. The Kier molecular flexibility index (Phi) is 6.07. The highest BCUT2D eigenvalue weighted by molar-refractivity contribution is 6.30. The van der Waals surface area contributed by atoms with Crippen LogP contribution in [0.25, 0.3) is 11.0 Å². The lowest BCUT2D eigenvalue weighted by Gasteiger charge is -2.32. The maximum Gasteiger partial charge on any atom is 0.224 e. The summed E-state index contributed by atoms with van der Waals surface area (Å²) in [5.41, 5.74) is 2.91. The number of furan rings is 1. The molecule has 4 rings (SSSR count). The first-order valence-electron chi connectivity index (χ1n) is 9.91. The molecule has 0 bridgehead atoms. The molecule has 0 aliphatic carbocycles. The van der Waals surface area contributed by atoms with Gasteiger partial charge in [0, 0.05) is 47.7 Å². The van der Waals surface area contributed by atoms with Crippen molar-refractivity contribution in [2.45, 2.75) is 31.8 Å². The molecule has 29 heavy (non-hydrogen) atoms. The Hall–Kier alpha value is -2.50. The molecular formula is C23H25ClN2O3.